The number of amides is 1. The summed E-state index contributed by atoms with van der Waals surface area (Å²) in [7, 11) is 5.85. The fourth-order valence-electron chi connectivity index (χ4n) is 3.21. The van der Waals surface area contributed by atoms with Crippen LogP contribution < -0.4 is 10.1 Å². The molecule has 4 nitrogen and oxygen atoms in total. The number of carbonyl (C=O) groups is 1. The molecule has 1 aliphatic rings. The van der Waals surface area contributed by atoms with Crippen LogP contribution in [0, 0.1) is 0 Å². The van der Waals surface area contributed by atoms with Gasteiger partial charge in [0.15, 0.2) is 0 Å². The molecule has 0 saturated heterocycles. The molecule has 1 aliphatic heterocycles. The maximum absolute atomic E-state index is 12.2. The van der Waals surface area contributed by atoms with E-state index in [0.29, 0.717) is 6.54 Å². The number of nitrogens with zero attached hydrogens (tertiary/aromatic N) is 1. The maximum atomic E-state index is 12.2. The van der Waals surface area contributed by atoms with Crippen LogP contribution in [0.1, 0.15) is 42.1 Å². The third-order valence-corrected chi connectivity index (χ3v) is 4.40. The van der Waals surface area contributed by atoms with Crippen LogP contribution >= 0.6 is 0 Å². The van der Waals surface area contributed by atoms with Gasteiger partial charge < -0.3 is 15.0 Å². The Balaban J connectivity index is 2.46. The zero-order valence-corrected chi connectivity index (χ0v) is 13.5. The molecule has 0 saturated carbocycles. The zero-order chi connectivity index (χ0) is 15.5. The molecular formula is C17H26N2O2. The number of fused-ring (bicyclic) bond motifs is 1. The molecule has 1 heterocycles. The van der Waals surface area contributed by atoms with E-state index >= 15 is 0 Å². The highest BCUT2D eigenvalue weighted by atomic mass is 16.5. The van der Waals surface area contributed by atoms with E-state index in [0.717, 1.165) is 42.7 Å². The van der Waals surface area contributed by atoms with Gasteiger partial charge in [-0.2, -0.15) is 0 Å². The van der Waals surface area contributed by atoms with Gasteiger partial charge in [-0.05, 0) is 57.2 Å². The Hall–Kier alpha value is -1.55. The quantitative estimate of drug-likeness (QED) is 0.875. The summed E-state index contributed by atoms with van der Waals surface area (Å²) in [5, 5.41) is 3.08. The summed E-state index contributed by atoms with van der Waals surface area (Å²) in [4.78, 5) is 14.4. The molecule has 1 N–H and O–H groups in total. The average Bonchev–Trinajstić information content (AvgIpc) is 2.48. The van der Waals surface area contributed by atoms with Crippen molar-refractivity contribution in [2.75, 3.05) is 34.3 Å². The zero-order valence-electron chi connectivity index (χ0n) is 13.5. The van der Waals surface area contributed by atoms with Gasteiger partial charge in [-0.25, -0.2) is 0 Å². The topological polar surface area (TPSA) is 41.6 Å². The van der Waals surface area contributed by atoms with Crippen molar-refractivity contribution in [3.8, 4) is 5.75 Å². The highest BCUT2D eigenvalue weighted by molar-refractivity contribution is 5.97. The van der Waals surface area contributed by atoms with Gasteiger partial charge in [0.25, 0.3) is 5.91 Å². The average molecular weight is 290 g/mol. The molecule has 1 atom stereocenters. The molecule has 1 unspecified atom stereocenters. The molecule has 4 heteroatoms. The minimum Gasteiger partial charge on any atom is -0.497 e. The minimum absolute atomic E-state index is 0.0107. The molecule has 0 aliphatic carbocycles. The van der Waals surface area contributed by atoms with Gasteiger partial charge in [0.2, 0.25) is 0 Å². The lowest BCUT2D eigenvalue weighted by Crippen LogP contribution is -2.48. The van der Waals surface area contributed by atoms with E-state index < -0.39 is 0 Å². The van der Waals surface area contributed by atoms with Crippen LogP contribution in [0.5, 0.6) is 5.75 Å². The second kappa shape index (κ2) is 6.48. The summed E-state index contributed by atoms with van der Waals surface area (Å²) in [6, 6.07) is 5.81. The third kappa shape index (κ3) is 3.21. The van der Waals surface area contributed by atoms with E-state index in [2.05, 4.69) is 37.3 Å². The van der Waals surface area contributed by atoms with Crippen LogP contribution in [0.15, 0.2) is 18.2 Å². The van der Waals surface area contributed by atoms with E-state index in [1.165, 1.54) is 0 Å². The first-order valence-electron chi connectivity index (χ1n) is 7.64. The predicted octanol–water partition coefficient (Wildman–Crippen LogP) is 2.43. The Labute approximate surface area is 127 Å². The van der Waals surface area contributed by atoms with Crippen LogP contribution in [-0.4, -0.2) is 45.1 Å². The normalized spacial score (nSPS) is 21.1. The van der Waals surface area contributed by atoms with E-state index in [4.69, 9.17) is 4.74 Å². The van der Waals surface area contributed by atoms with Gasteiger partial charge >= 0.3 is 0 Å². The second-order valence-electron chi connectivity index (χ2n) is 6.18. The van der Waals surface area contributed by atoms with Gasteiger partial charge in [0, 0.05) is 17.5 Å². The standard InChI is InChI=1S/C17H26N2O2/c1-5-8-17(9-10-19(2)3)12-18-16(20)14-7-6-13(21-4)11-15(14)17/h6-7,11H,5,8-10,12H2,1-4H3,(H,18,20). The Bertz CT molecular complexity index is 514. The summed E-state index contributed by atoms with van der Waals surface area (Å²) in [6.07, 6.45) is 3.20. The molecule has 0 radical (unpaired) electrons. The Kier molecular flexibility index (Phi) is 4.88. The van der Waals surface area contributed by atoms with Crippen molar-refractivity contribution in [1.82, 2.24) is 10.2 Å². The molecule has 116 valence electrons. The van der Waals surface area contributed by atoms with Crippen molar-refractivity contribution in [1.29, 1.82) is 0 Å². The van der Waals surface area contributed by atoms with Crippen LogP contribution in [0.3, 0.4) is 0 Å². The lowest BCUT2D eigenvalue weighted by Gasteiger charge is -2.40. The number of methoxy groups -OCH3 is 1. The van der Waals surface area contributed by atoms with Crippen LogP contribution in [0.4, 0.5) is 0 Å². The van der Waals surface area contributed by atoms with Gasteiger partial charge in [-0.15, -0.1) is 0 Å². The van der Waals surface area contributed by atoms with Crippen LogP contribution in [-0.2, 0) is 5.41 Å². The van der Waals surface area contributed by atoms with Crippen LogP contribution in [0.2, 0.25) is 0 Å². The number of hydrogen-bond acceptors (Lipinski definition) is 3. The molecule has 2 rings (SSSR count). The Morgan fingerprint density at radius 1 is 1.33 bits per heavy atom. The molecule has 0 spiro atoms. The molecule has 1 aromatic carbocycles. The van der Waals surface area contributed by atoms with Gasteiger partial charge in [-0.3, -0.25) is 4.79 Å². The SMILES string of the molecule is CCCC1(CCN(C)C)CNC(=O)c2ccc(OC)cc21. The summed E-state index contributed by atoms with van der Waals surface area (Å²) >= 11 is 0. The first kappa shape index (κ1) is 15.8. The largest absolute Gasteiger partial charge is 0.497 e. The molecule has 0 aromatic heterocycles. The molecule has 1 aromatic rings. The van der Waals surface area contributed by atoms with Gasteiger partial charge in [-0.1, -0.05) is 13.3 Å². The lowest BCUT2D eigenvalue weighted by atomic mass is 9.70. The summed E-state index contributed by atoms with van der Waals surface area (Å²) in [5.74, 6) is 0.859. The first-order valence-corrected chi connectivity index (χ1v) is 7.64. The van der Waals surface area contributed by atoms with Gasteiger partial charge in [0.1, 0.15) is 5.75 Å². The Morgan fingerprint density at radius 2 is 2.10 bits per heavy atom. The number of hydrogen-bond donors (Lipinski definition) is 1. The summed E-state index contributed by atoms with van der Waals surface area (Å²) in [5.41, 5.74) is 1.96. The predicted molar refractivity (Wildman–Crippen MR) is 85.1 cm³/mol. The van der Waals surface area contributed by atoms with Crippen molar-refractivity contribution in [3.05, 3.63) is 29.3 Å². The number of carbonyl (C=O) groups excluding carboxylic acids is 1. The van der Waals surface area contributed by atoms with Crippen molar-refractivity contribution >= 4 is 5.91 Å². The Morgan fingerprint density at radius 3 is 2.71 bits per heavy atom. The molecule has 0 fully saturated rings. The highest BCUT2D eigenvalue weighted by Gasteiger charge is 2.38. The van der Waals surface area contributed by atoms with Gasteiger partial charge in [0.05, 0.1) is 7.11 Å². The molecule has 21 heavy (non-hydrogen) atoms. The van der Waals surface area contributed by atoms with Crippen molar-refractivity contribution in [2.45, 2.75) is 31.6 Å². The van der Waals surface area contributed by atoms with E-state index in [1.807, 2.05) is 12.1 Å². The summed E-state index contributed by atoms with van der Waals surface area (Å²) in [6.45, 7) is 3.92. The number of benzene rings is 1. The highest BCUT2D eigenvalue weighted by Crippen LogP contribution is 2.39. The molecule has 1 amide bonds. The molecular weight excluding hydrogens is 264 g/mol. The molecule has 0 bridgehead atoms. The van der Waals surface area contributed by atoms with E-state index in [-0.39, 0.29) is 11.3 Å². The van der Waals surface area contributed by atoms with Crippen molar-refractivity contribution < 1.29 is 9.53 Å². The monoisotopic (exact) mass is 290 g/mol. The van der Waals surface area contributed by atoms with Crippen molar-refractivity contribution in [3.63, 3.8) is 0 Å². The third-order valence-electron chi connectivity index (χ3n) is 4.40. The van der Waals surface area contributed by atoms with Crippen LogP contribution in [0.25, 0.3) is 0 Å². The second-order valence-corrected chi connectivity index (χ2v) is 6.18. The summed E-state index contributed by atoms with van der Waals surface area (Å²) < 4.78 is 5.37. The lowest BCUT2D eigenvalue weighted by molar-refractivity contribution is 0.0916. The number of ether oxygens (including phenoxy) is 1. The fourth-order valence-corrected chi connectivity index (χ4v) is 3.21. The minimum atomic E-state index is 0.0107. The van der Waals surface area contributed by atoms with E-state index in [9.17, 15) is 4.79 Å². The number of nitrogens with one attached hydrogen (secondary N) is 1. The maximum Gasteiger partial charge on any atom is 0.251 e. The number of rotatable bonds is 6. The van der Waals surface area contributed by atoms with Crippen molar-refractivity contribution in [2.24, 2.45) is 0 Å². The fraction of sp³-hybridized carbons (Fsp3) is 0.588. The smallest absolute Gasteiger partial charge is 0.251 e. The first-order chi connectivity index (χ1) is 10.0. The van der Waals surface area contributed by atoms with E-state index in [1.54, 1.807) is 7.11 Å².